The van der Waals surface area contributed by atoms with E-state index in [9.17, 15) is 9.59 Å². The van der Waals surface area contributed by atoms with Crippen LogP contribution in [0, 0.1) is 0 Å². The molecule has 0 saturated heterocycles. The highest BCUT2D eigenvalue weighted by atomic mass is 16.5. The first kappa shape index (κ1) is 18.9. The number of aliphatic hydroxyl groups is 2. The number of unbranched alkanes of at least 4 members (excludes halogenated alkanes) is 3. The molecule has 2 N–H and O–H groups in total. The maximum Gasteiger partial charge on any atom is 0.305 e. The van der Waals surface area contributed by atoms with Gasteiger partial charge in [0.15, 0.2) is 0 Å². The van der Waals surface area contributed by atoms with Gasteiger partial charge in [0.05, 0.1) is 12.2 Å². The van der Waals surface area contributed by atoms with Gasteiger partial charge in [0.1, 0.15) is 13.2 Å². The molecule has 0 aliphatic rings. The van der Waals surface area contributed by atoms with Crippen molar-refractivity contribution < 1.29 is 29.3 Å². The maximum absolute atomic E-state index is 11.2. The quantitative estimate of drug-likeness (QED) is 0.438. The van der Waals surface area contributed by atoms with Gasteiger partial charge in [0.25, 0.3) is 0 Å². The van der Waals surface area contributed by atoms with Gasteiger partial charge in [-0.05, 0) is 26.7 Å². The van der Waals surface area contributed by atoms with Crippen molar-refractivity contribution in [2.45, 2.75) is 64.6 Å². The van der Waals surface area contributed by atoms with E-state index < -0.39 is 12.2 Å². The third kappa shape index (κ3) is 13.3. The van der Waals surface area contributed by atoms with Gasteiger partial charge in [-0.25, -0.2) is 0 Å². The molecule has 0 aromatic carbocycles. The van der Waals surface area contributed by atoms with Crippen LogP contribution in [0.25, 0.3) is 0 Å². The second-order valence-corrected chi connectivity index (χ2v) is 4.98. The summed E-state index contributed by atoms with van der Waals surface area (Å²) in [6.45, 7) is 3.19. The lowest BCUT2D eigenvalue weighted by Crippen LogP contribution is -2.15. The van der Waals surface area contributed by atoms with E-state index in [-0.39, 0.29) is 25.2 Å². The Bertz CT molecular complexity index is 247. The van der Waals surface area contributed by atoms with E-state index in [0.717, 1.165) is 12.8 Å². The molecule has 6 nitrogen and oxygen atoms in total. The van der Waals surface area contributed by atoms with Crippen LogP contribution in [0.3, 0.4) is 0 Å². The van der Waals surface area contributed by atoms with E-state index in [0.29, 0.717) is 25.7 Å². The third-order valence-electron chi connectivity index (χ3n) is 2.48. The van der Waals surface area contributed by atoms with Crippen molar-refractivity contribution in [3.63, 3.8) is 0 Å². The molecule has 6 heteroatoms. The van der Waals surface area contributed by atoms with E-state index in [1.54, 1.807) is 13.8 Å². The molecule has 118 valence electrons. The smallest absolute Gasteiger partial charge is 0.305 e. The number of aliphatic hydroxyl groups excluding tert-OH is 2. The van der Waals surface area contributed by atoms with E-state index >= 15 is 0 Å². The Morgan fingerprint density at radius 3 is 1.45 bits per heavy atom. The Morgan fingerprint density at radius 2 is 1.15 bits per heavy atom. The predicted molar refractivity (Wildman–Crippen MR) is 73.0 cm³/mol. The van der Waals surface area contributed by atoms with Gasteiger partial charge in [-0.3, -0.25) is 9.59 Å². The van der Waals surface area contributed by atoms with E-state index in [2.05, 4.69) is 0 Å². The van der Waals surface area contributed by atoms with Gasteiger partial charge >= 0.3 is 11.9 Å². The molecule has 0 heterocycles. The molecule has 0 bridgehead atoms. The highest BCUT2D eigenvalue weighted by Gasteiger charge is 2.06. The SMILES string of the molecule is CC(O)COC(=O)CCCCCCC(=O)OCC(C)O. The Hall–Kier alpha value is -1.14. The number of carbonyl (C=O) groups excluding carboxylic acids is 2. The van der Waals surface area contributed by atoms with Gasteiger partial charge in [-0.15, -0.1) is 0 Å². The Balaban J connectivity index is 3.35. The molecule has 0 aromatic rings. The molecule has 0 spiro atoms. The average molecular weight is 290 g/mol. The zero-order chi connectivity index (χ0) is 15.4. The van der Waals surface area contributed by atoms with Gasteiger partial charge in [0.2, 0.25) is 0 Å². The summed E-state index contributed by atoms with van der Waals surface area (Å²) in [6, 6.07) is 0. The normalized spacial score (nSPS) is 13.6. The van der Waals surface area contributed by atoms with Crippen molar-refractivity contribution in [2.24, 2.45) is 0 Å². The number of ether oxygens (including phenoxy) is 2. The molecule has 0 aromatic heterocycles. The number of carbonyl (C=O) groups is 2. The van der Waals surface area contributed by atoms with E-state index in [4.69, 9.17) is 19.7 Å². The van der Waals surface area contributed by atoms with Crippen molar-refractivity contribution in [3.05, 3.63) is 0 Å². The molecule has 0 rings (SSSR count). The summed E-state index contributed by atoms with van der Waals surface area (Å²) in [5, 5.41) is 17.9. The summed E-state index contributed by atoms with van der Waals surface area (Å²) in [5.74, 6) is -0.607. The van der Waals surface area contributed by atoms with Crippen LogP contribution >= 0.6 is 0 Å². The highest BCUT2D eigenvalue weighted by Crippen LogP contribution is 2.07. The molecule has 20 heavy (non-hydrogen) atoms. The largest absolute Gasteiger partial charge is 0.463 e. The van der Waals surface area contributed by atoms with Gasteiger partial charge in [-0.2, -0.15) is 0 Å². The molecular weight excluding hydrogens is 264 g/mol. The van der Waals surface area contributed by atoms with Crippen LogP contribution in [0.2, 0.25) is 0 Å². The summed E-state index contributed by atoms with van der Waals surface area (Å²) in [7, 11) is 0. The van der Waals surface area contributed by atoms with Gasteiger partial charge in [-0.1, -0.05) is 12.8 Å². The van der Waals surface area contributed by atoms with Crippen LogP contribution in [0.1, 0.15) is 52.4 Å². The van der Waals surface area contributed by atoms with Crippen LogP contribution in [-0.2, 0) is 19.1 Å². The predicted octanol–water partition coefficient (Wildman–Crippen LogP) is 1.17. The minimum absolute atomic E-state index is 0.0357. The summed E-state index contributed by atoms with van der Waals surface area (Å²) in [5.41, 5.74) is 0. The first-order valence-electron chi connectivity index (χ1n) is 7.09. The van der Waals surface area contributed by atoms with Crippen molar-refractivity contribution in [1.29, 1.82) is 0 Å². The van der Waals surface area contributed by atoms with Crippen LogP contribution in [0.5, 0.6) is 0 Å². The summed E-state index contributed by atoms with van der Waals surface area (Å²) >= 11 is 0. The van der Waals surface area contributed by atoms with Crippen molar-refractivity contribution in [1.82, 2.24) is 0 Å². The fourth-order valence-electron chi connectivity index (χ4n) is 1.46. The van der Waals surface area contributed by atoms with Crippen molar-refractivity contribution in [3.8, 4) is 0 Å². The number of hydrogen-bond donors (Lipinski definition) is 2. The molecule has 0 aliphatic heterocycles. The molecule has 0 aliphatic carbocycles. The fourth-order valence-corrected chi connectivity index (χ4v) is 1.46. The molecule has 0 saturated carbocycles. The zero-order valence-corrected chi connectivity index (χ0v) is 12.3. The molecular formula is C14H26O6. The third-order valence-corrected chi connectivity index (χ3v) is 2.48. The minimum atomic E-state index is -0.633. The van der Waals surface area contributed by atoms with Gasteiger partial charge < -0.3 is 19.7 Å². The monoisotopic (exact) mass is 290 g/mol. The topological polar surface area (TPSA) is 93.1 Å². The summed E-state index contributed by atoms with van der Waals surface area (Å²) < 4.78 is 9.63. The molecule has 2 atom stereocenters. The Morgan fingerprint density at radius 1 is 0.800 bits per heavy atom. The lowest BCUT2D eigenvalue weighted by Gasteiger charge is -2.07. The Labute approximate surface area is 120 Å². The fraction of sp³-hybridized carbons (Fsp3) is 0.857. The first-order valence-corrected chi connectivity index (χ1v) is 7.09. The molecule has 0 fully saturated rings. The lowest BCUT2D eigenvalue weighted by atomic mass is 10.1. The maximum atomic E-state index is 11.2. The first-order chi connectivity index (χ1) is 9.41. The highest BCUT2D eigenvalue weighted by molar-refractivity contribution is 5.69. The van der Waals surface area contributed by atoms with E-state index in [1.807, 2.05) is 0 Å². The van der Waals surface area contributed by atoms with Crippen LogP contribution in [-0.4, -0.2) is 47.6 Å². The molecule has 2 unspecified atom stereocenters. The Kier molecular flexibility index (Phi) is 11.0. The number of rotatable bonds is 11. The van der Waals surface area contributed by atoms with Crippen LogP contribution in [0.15, 0.2) is 0 Å². The van der Waals surface area contributed by atoms with Crippen molar-refractivity contribution in [2.75, 3.05) is 13.2 Å². The van der Waals surface area contributed by atoms with Gasteiger partial charge in [0, 0.05) is 12.8 Å². The number of esters is 2. The average Bonchev–Trinajstić information content (AvgIpc) is 2.37. The minimum Gasteiger partial charge on any atom is -0.463 e. The second kappa shape index (κ2) is 11.7. The number of hydrogen-bond acceptors (Lipinski definition) is 6. The zero-order valence-electron chi connectivity index (χ0n) is 12.3. The van der Waals surface area contributed by atoms with Crippen molar-refractivity contribution >= 4 is 11.9 Å². The van der Waals surface area contributed by atoms with Crippen LogP contribution < -0.4 is 0 Å². The molecule has 0 radical (unpaired) electrons. The van der Waals surface area contributed by atoms with Crippen LogP contribution in [0.4, 0.5) is 0 Å². The second-order valence-electron chi connectivity index (χ2n) is 4.98. The standard InChI is InChI=1S/C14H26O6/c1-11(15)9-19-13(17)7-5-3-4-6-8-14(18)20-10-12(2)16/h11-12,15-16H,3-10H2,1-2H3. The summed E-state index contributed by atoms with van der Waals surface area (Å²) in [6.07, 6.45) is 2.50. The summed E-state index contributed by atoms with van der Waals surface area (Å²) in [4.78, 5) is 22.4. The lowest BCUT2D eigenvalue weighted by molar-refractivity contribution is -0.147. The molecule has 0 amide bonds. The van der Waals surface area contributed by atoms with E-state index in [1.165, 1.54) is 0 Å².